The number of fused-ring (bicyclic) bond motifs is 5. The van der Waals surface area contributed by atoms with Gasteiger partial charge >= 0.3 is 0 Å². The lowest BCUT2D eigenvalue weighted by Gasteiger charge is -2.59. The van der Waals surface area contributed by atoms with Crippen molar-refractivity contribution in [3.05, 3.63) is 11.8 Å². The van der Waals surface area contributed by atoms with Crippen LogP contribution in [0.5, 0.6) is 0 Å². The number of nitrogens with one attached hydrogen (secondary N) is 1. The predicted octanol–water partition coefficient (Wildman–Crippen LogP) is 5.54. The molecule has 2 heteroatoms. The van der Waals surface area contributed by atoms with Crippen LogP contribution >= 0.6 is 0 Å². The lowest BCUT2D eigenvalue weighted by molar-refractivity contribution is -0.126. The number of hydrogen-bond donors (Lipinski definition) is 1. The minimum absolute atomic E-state index is 0.209. The first kappa shape index (κ1) is 17.6. The molecule has 3 fully saturated rings. The maximum Gasteiger partial charge on any atom is 0.224 e. The Bertz CT molecular complexity index is 595. The first-order valence-electron chi connectivity index (χ1n) is 10.8. The summed E-state index contributed by atoms with van der Waals surface area (Å²) >= 11 is 0. The third kappa shape index (κ3) is 2.38. The van der Waals surface area contributed by atoms with Crippen LogP contribution in [0.3, 0.4) is 0 Å². The van der Waals surface area contributed by atoms with E-state index in [4.69, 9.17) is 0 Å². The maximum absolute atomic E-state index is 12.0. The van der Waals surface area contributed by atoms with E-state index < -0.39 is 0 Å². The van der Waals surface area contributed by atoms with E-state index in [9.17, 15) is 4.79 Å². The largest absolute Gasteiger partial charge is 0.330 e. The van der Waals surface area contributed by atoms with Crippen LogP contribution in [-0.2, 0) is 4.79 Å². The van der Waals surface area contributed by atoms with E-state index in [0.717, 1.165) is 36.0 Å². The van der Waals surface area contributed by atoms with Crippen molar-refractivity contribution in [1.82, 2.24) is 5.32 Å². The van der Waals surface area contributed by atoms with Gasteiger partial charge in [-0.1, -0.05) is 47.1 Å². The van der Waals surface area contributed by atoms with Crippen LogP contribution in [0.15, 0.2) is 11.8 Å². The van der Waals surface area contributed by atoms with Crippen LogP contribution in [-0.4, -0.2) is 5.91 Å². The Morgan fingerprint density at radius 3 is 2.68 bits per heavy atom. The Balaban J connectivity index is 1.69. The highest BCUT2D eigenvalue weighted by atomic mass is 16.1. The van der Waals surface area contributed by atoms with Gasteiger partial charge in [0.2, 0.25) is 5.91 Å². The van der Waals surface area contributed by atoms with Crippen molar-refractivity contribution in [2.24, 2.45) is 46.3 Å². The quantitative estimate of drug-likeness (QED) is 0.700. The van der Waals surface area contributed by atoms with E-state index in [1.807, 2.05) is 0 Å². The molecule has 0 aromatic rings. The summed E-state index contributed by atoms with van der Waals surface area (Å²) in [6.07, 6.45) is 11.2. The average Bonchev–Trinajstić information content (AvgIpc) is 2.93. The summed E-state index contributed by atoms with van der Waals surface area (Å²) in [5.74, 6) is 5.07. The van der Waals surface area contributed by atoms with Crippen LogP contribution in [0, 0.1) is 46.3 Å². The van der Waals surface area contributed by atoms with Gasteiger partial charge in [-0.2, -0.15) is 0 Å². The Hall–Kier alpha value is -0.790. The third-order valence-electron chi connectivity index (χ3n) is 9.35. The molecule has 25 heavy (non-hydrogen) atoms. The van der Waals surface area contributed by atoms with Gasteiger partial charge < -0.3 is 5.32 Å². The van der Waals surface area contributed by atoms with Crippen molar-refractivity contribution in [3.63, 3.8) is 0 Å². The Kier molecular flexibility index (Phi) is 4.13. The molecule has 1 N–H and O–H groups in total. The highest BCUT2D eigenvalue weighted by Gasteiger charge is 2.60. The average molecular weight is 344 g/mol. The highest BCUT2D eigenvalue weighted by Crippen LogP contribution is 2.67. The minimum atomic E-state index is 0.209. The summed E-state index contributed by atoms with van der Waals surface area (Å²) in [6, 6.07) is 0. The Morgan fingerprint density at radius 1 is 1.20 bits per heavy atom. The molecule has 2 saturated carbocycles. The highest BCUT2D eigenvalue weighted by molar-refractivity contribution is 5.79. The second kappa shape index (κ2) is 5.86. The van der Waals surface area contributed by atoms with E-state index in [1.165, 1.54) is 37.8 Å². The normalized spacial score (nSPS) is 50.2. The number of piperidine rings is 1. The molecule has 1 amide bonds. The topological polar surface area (TPSA) is 29.1 Å². The molecule has 140 valence electrons. The van der Waals surface area contributed by atoms with Crippen molar-refractivity contribution >= 4 is 5.91 Å². The summed E-state index contributed by atoms with van der Waals surface area (Å²) in [5.41, 5.74) is 2.02. The molecule has 1 saturated heterocycles. The molecule has 0 aromatic carbocycles. The molecule has 4 aliphatic rings. The molecule has 1 aliphatic heterocycles. The second-order valence-corrected chi connectivity index (χ2v) is 10.3. The number of allylic oxidation sites excluding steroid dienone is 2. The van der Waals surface area contributed by atoms with Crippen LogP contribution in [0.2, 0.25) is 0 Å². The van der Waals surface area contributed by atoms with E-state index in [0.29, 0.717) is 17.8 Å². The standard InChI is InChI=1S/C23H37NO/c1-6-14(2)16-7-8-17-21-15(3)13-19-23(5,12-10-20(25)24-19)18(21)9-11-22(16,17)4/h13-18,21H,6-12H2,1-5H3,(H,24,25)/t14?,15?,16-,17+,18+,21+,22-,23-/m1/s1. The molecular formula is C23H37NO. The first-order valence-corrected chi connectivity index (χ1v) is 10.8. The second-order valence-electron chi connectivity index (χ2n) is 10.3. The molecule has 2 unspecified atom stereocenters. The molecule has 8 atom stereocenters. The third-order valence-corrected chi connectivity index (χ3v) is 9.35. The van der Waals surface area contributed by atoms with Crippen LogP contribution in [0.4, 0.5) is 0 Å². The monoisotopic (exact) mass is 343 g/mol. The van der Waals surface area contributed by atoms with Gasteiger partial charge in [0.15, 0.2) is 0 Å². The van der Waals surface area contributed by atoms with Gasteiger partial charge in [0, 0.05) is 17.5 Å². The molecule has 2 nitrogen and oxygen atoms in total. The van der Waals surface area contributed by atoms with Crippen LogP contribution < -0.4 is 5.32 Å². The number of rotatable bonds is 2. The van der Waals surface area contributed by atoms with Crippen molar-refractivity contribution < 1.29 is 4.79 Å². The molecule has 0 bridgehead atoms. The van der Waals surface area contributed by atoms with Crippen LogP contribution in [0.1, 0.15) is 79.6 Å². The molecule has 0 spiro atoms. The van der Waals surface area contributed by atoms with Gasteiger partial charge in [0.25, 0.3) is 0 Å². The number of hydrogen-bond acceptors (Lipinski definition) is 1. The maximum atomic E-state index is 12.0. The molecule has 1 heterocycles. The summed E-state index contributed by atoms with van der Waals surface area (Å²) in [7, 11) is 0. The fourth-order valence-electron chi connectivity index (χ4n) is 7.79. The summed E-state index contributed by atoms with van der Waals surface area (Å²) in [4.78, 5) is 12.0. The van der Waals surface area contributed by atoms with Crippen LogP contribution in [0.25, 0.3) is 0 Å². The van der Waals surface area contributed by atoms with Crippen molar-refractivity contribution in [1.29, 1.82) is 0 Å². The smallest absolute Gasteiger partial charge is 0.224 e. The van der Waals surface area contributed by atoms with Gasteiger partial charge in [0.05, 0.1) is 0 Å². The number of carbonyl (C=O) groups is 1. The Labute approximate surface area is 154 Å². The zero-order valence-electron chi connectivity index (χ0n) is 16.9. The zero-order valence-corrected chi connectivity index (χ0v) is 16.9. The molecule has 0 aromatic heterocycles. The summed E-state index contributed by atoms with van der Waals surface area (Å²) < 4.78 is 0. The van der Waals surface area contributed by atoms with E-state index in [2.05, 4.69) is 46.0 Å². The molecule has 0 radical (unpaired) electrons. The predicted molar refractivity (Wildman–Crippen MR) is 103 cm³/mol. The number of carbonyl (C=O) groups excluding carboxylic acids is 1. The van der Waals surface area contributed by atoms with E-state index in [1.54, 1.807) is 0 Å². The minimum Gasteiger partial charge on any atom is -0.330 e. The lowest BCUT2D eigenvalue weighted by atomic mass is 9.46. The fourth-order valence-corrected chi connectivity index (χ4v) is 7.79. The number of amides is 1. The van der Waals surface area contributed by atoms with Gasteiger partial charge in [-0.25, -0.2) is 0 Å². The SMILES string of the molecule is CCC(C)[C@H]1CC[C@H]2[C@@H]3C(C)C=C4NC(=O)CC[C@]4(C)[C@H]3CC[C@]12C. The van der Waals surface area contributed by atoms with Crippen molar-refractivity contribution in [2.45, 2.75) is 79.6 Å². The van der Waals surface area contributed by atoms with Gasteiger partial charge in [-0.05, 0) is 73.0 Å². The van der Waals surface area contributed by atoms with Crippen molar-refractivity contribution in [2.75, 3.05) is 0 Å². The van der Waals surface area contributed by atoms with E-state index >= 15 is 0 Å². The fraction of sp³-hybridized carbons (Fsp3) is 0.870. The summed E-state index contributed by atoms with van der Waals surface area (Å²) in [6.45, 7) is 12.4. The first-order chi connectivity index (χ1) is 11.8. The molecule has 3 aliphatic carbocycles. The van der Waals surface area contributed by atoms with Gasteiger partial charge in [0.1, 0.15) is 0 Å². The van der Waals surface area contributed by atoms with Crippen molar-refractivity contribution in [3.8, 4) is 0 Å². The molecular weight excluding hydrogens is 306 g/mol. The Morgan fingerprint density at radius 2 is 1.96 bits per heavy atom. The van der Waals surface area contributed by atoms with Gasteiger partial charge in [-0.3, -0.25) is 4.79 Å². The lowest BCUT2D eigenvalue weighted by Crippen LogP contribution is -2.55. The zero-order chi connectivity index (χ0) is 18.0. The summed E-state index contributed by atoms with van der Waals surface area (Å²) in [5, 5.41) is 3.25. The van der Waals surface area contributed by atoms with Gasteiger partial charge in [-0.15, -0.1) is 0 Å². The molecule has 4 rings (SSSR count). The van der Waals surface area contributed by atoms with E-state index in [-0.39, 0.29) is 11.3 Å².